The van der Waals surface area contributed by atoms with Crippen molar-refractivity contribution in [3.8, 4) is 0 Å². The van der Waals surface area contributed by atoms with Crippen molar-refractivity contribution in [3.63, 3.8) is 0 Å². The molecule has 0 bridgehead atoms. The molecule has 0 aromatic heterocycles. The molecule has 1 saturated heterocycles. The van der Waals surface area contributed by atoms with Crippen molar-refractivity contribution in [1.82, 2.24) is 0 Å². The van der Waals surface area contributed by atoms with Crippen LogP contribution in [0.25, 0.3) is 0 Å². The minimum absolute atomic E-state index is 0. The molecule has 0 saturated carbocycles. The monoisotopic (exact) mass is 177 g/mol. The van der Waals surface area contributed by atoms with Gasteiger partial charge >= 0.3 is 0 Å². The summed E-state index contributed by atoms with van der Waals surface area (Å²) in [5.74, 6) is 0. The Hall–Kier alpha value is 1.02. The molecule has 0 spiro atoms. The zero-order valence-corrected chi connectivity index (χ0v) is 7.19. The zero-order chi connectivity index (χ0) is 4.62. The maximum atomic E-state index is 8.34. The average molecular weight is 177 g/mol. The molecule has 1 N–H and O–H groups in total. The second-order valence-corrected chi connectivity index (χ2v) is 1.90. The summed E-state index contributed by atoms with van der Waals surface area (Å²) in [4.78, 5) is 0. The van der Waals surface area contributed by atoms with E-state index in [9.17, 15) is 0 Å². The number of rotatable bonds is 1. The van der Waals surface area contributed by atoms with E-state index in [0.29, 0.717) is 0 Å². The Morgan fingerprint density at radius 3 is 2.29 bits per heavy atom. The Kier molecular flexibility index (Phi) is 2.91. The van der Waals surface area contributed by atoms with E-state index in [1.54, 1.807) is 0 Å². The van der Waals surface area contributed by atoms with Gasteiger partial charge in [0.25, 0.3) is 0 Å². The van der Waals surface area contributed by atoms with E-state index in [2.05, 4.69) is 0 Å². The van der Waals surface area contributed by atoms with E-state index in [0.717, 1.165) is 6.61 Å². The second kappa shape index (κ2) is 2.54. The van der Waals surface area contributed by atoms with Gasteiger partial charge in [-0.2, -0.15) is 0 Å². The third-order valence-corrected chi connectivity index (χ3v) is 0.972. The van der Waals surface area contributed by atoms with Crippen molar-refractivity contribution in [2.45, 2.75) is 12.5 Å². The van der Waals surface area contributed by atoms with Crippen LogP contribution in [0.2, 0.25) is 0 Å². The van der Waals surface area contributed by atoms with Crippen LogP contribution in [0.4, 0.5) is 0 Å². The van der Waals surface area contributed by atoms with Gasteiger partial charge in [-0.1, -0.05) is 0 Å². The van der Waals surface area contributed by atoms with Gasteiger partial charge in [-0.15, -0.1) is 0 Å². The largest absolute Gasteiger partial charge is 0.393 e. The first-order valence-corrected chi connectivity index (χ1v) is 2.02. The van der Waals surface area contributed by atoms with Gasteiger partial charge in [-0.25, -0.2) is 0 Å². The number of epoxide rings is 1. The van der Waals surface area contributed by atoms with E-state index in [1.165, 1.54) is 0 Å². The maximum Gasteiger partial charge on any atom is 0.112 e. The summed E-state index contributed by atoms with van der Waals surface area (Å²) < 4.78 is 4.80. The second-order valence-electron chi connectivity index (χ2n) is 1.90. The standard InChI is InChI=1S/C4H8O2.Y/c1-4(2-5)3-6-4;/h5H,2-3H2,1H3;. The smallest absolute Gasteiger partial charge is 0.112 e. The van der Waals surface area contributed by atoms with Gasteiger partial charge in [0.1, 0.15) is 5.60 Å². The van der Waals surface area contributed by atoms with Crippen LogP contribution in [0, 0.1) is 0 Å². The summed E-state index contributed by atoms with van der Waals surface area (Å²) >= 11 is 0. The Balaban J connectivity index is 0.000000360. The number of hydrogen-bond donors (Lipinski definition) is 1. The van der Waals surface area contributed by atoms with Crippen molar-refractivity contribution in [1.29, 1.82) is 0 Å². The summed E-state index contributed by atoms with van der Waals surface area (Å²) in [5.41, 5.74) is -0.153. The Bertz CT molecular complexity index is 60.7. The summed E-state index contributed by atoms with van der Waals surface area (Å²) in [6.45, 7) is 2.77. The number of hydrogen-bond acceptors (Lipinski definition) is 2. The number of ether oxygens (including phenoxy) is 1. The van der Waals surface area contributed by atoms with E-state index in [4.69, 9.17) is 9.84 Å². The van der Waals surface area contributed by atoms with Crippen LogP contribution in [0.1, 0.15) is 6.92 Å². The van der Waals surface area contributed by atoms with Gasteiger partial charge < -0.3 is 9.84 Å². The van der Waals surface area contributed by atoms with Gasteiger partial charge in [0, 0.05) is 32.7 Å². The van der Waals surface area contributed by atoms with Gasteiger partial charge in [0.05, 0.1) is 13.2 Å². The van der Waals surface area contributed by atoms with Gasteiger partial charge in [0.2, 0.25) is 0 Å². The molecule has 1 aliphatic heterocycles. The van der Waals surface area contributed by atoms with Crippen LogP contribution in [0.5, 0.6) is 0 Å². The molecule has 2 nitrogen and oxygen atoms in total. The SMILES string of the molecule is CC1(CO)CO1.[Y]. The van der Waals surface area contributed by atoms with Crippen LogP contribution < -0.4 is 0 Å². The minimum Gasteiger partial charge on any atom is -0.393 e. The zero-order valence-electron chi connectivity index (χ0n) is 4.35. The Labute approximate surface area is 68.1 Å². The summed E-state index contributed by atoms with van der Waals surface area (Å²) in [6, 6.07) is 0. The molecule has 1 atom stereocenters. The minimum atomic E-state index is -0.153. The number of aliphatic hydroxyl groups is 1. The fourth-order valence-electron chi connectivity index (χ4n) is 0.214. The van der Waals surface area contributed by atoms with Crippen molar-refractivity contribution in [2.75, 3.05) is 13.2 Å². The van der Waals surface area contributed by atoms with Gasteiger partial charge in [-0.3, -0.25) is 0 Å². The third-order valence-electron chi connectivity index (χ3n) is 0.972. The first-order chi connectivity index (χ1) is 2.77. The average Bonchev–Trinajstić information content (AvgIpc) is 2.22. The van der Waals surface area contributed by atoms with E-state index >= 15 is 0 Å². The van der Waals surface area contributed by atoms with Crippen molar-refractivity contribution in [3.05, 3.63) is 0 Å². The predicted molar refractivity (Wildman–Crippen MR) is 21.4 cm³/mol. The molecule has 0 amide bonds. The predicted octanol–water partition coefficient (Wildman–Crippen LogP) is -0.235. The number of aliphatic hydroxyl groups excluding tert-OH is 1. The topological polar surface area (TPSA) is 32.8 Å². The molecule has 39 valence electrons. The first-order valence-electron chi connectivity index (χ1n) is 2.02. The molecule has 1 fully saturated rings. The molecule has 1 heterocycles. The fraction of sp³-hybridized carbons (Fsp3) is 1.00. The fourth-order valence-corrected chi connectivity index (χ4v) is 0.214. The third kappa shape index (κ3) is 2.18. The van der Waals surface area contributed by atoms with Crippen molar-refractivity contribution >= 4 is 0 Å². The summed E-state index contributed by atoms with van der Waals surface area (Å²) in [5, 5.41) is 8.34. The van der Waals surface area contributed by atoms with Crippen molar-refractivity contribution in [2.24, 2.45) is 0 Å². The van der Waals surface area contributed by atoms with Gasteiger partial charge in [0.15, 0.2) is 0 Å². The Morgan fingerprint density at radius 2 is 2.29 bits per heavy atom. The van der Waals surface area contributed by atoms with Crippen LogP contribution in [-0.2, 0) is 37.4 Å². The normalized spacial score (nSPS) is 36.9. The van der Waals surface area contributed by atoms with Crippen LogP contribution in [-0.4, -0.2) is 23.9 Å². The quantitative estimate of drug-likeness (QED) is 0.561. The van der Waals surface area contributed by atoms with E-state index < -0.39 is 0 Å². The molecule has 0 aromatic rings. The van der Waals surface area contributed by atoms with Crippen molar-refractivity contribution < 1.29 is 42.6 Å². The molecule has 0 aromatic carbocycles. The van der Waals surface area contributed by atoms with E-state index in [-0.39, 0.29) is 44.9 Å². The summed E-state index contributed by atoms with van der Waals surface area (Å²) in [7, 11) is 0. The van der Waals surface area contributed by atoms with Crippen LogP contribution in [0.3, 0.4) is 0 Å². The maximum absolute atomic E-state index is 8.34. The van der Waals surface area contributed by atoms with Crippen LogP contribution >= 0.6 is 0 Å². The van der Waals surface area contributed by atoms with Crippen LogP contribution in [0.15, 0.2) is 0 Å². The van der Waals surface area contributed by atoms with Gasteiger partial charge in [-0.05, 0) is 6.92 Å². The van der Waals surface area contributed by atoms with E-state index in [1.807, 2.05) is 6.92 Å². The molecule has 0 aliphatic carbocycles. The summed E-state index contributed by atoms with van der Waals surface area (Å²) in [6.07, 6.45) is 0. The first kappa shape index (κ1) is 8.02. The Morgan fingerprint density at radius 1 is 1.86 bits per heavy atom. The molecule has 1 aliphatic rings. The molecule has 1 unspecified atom stereocenters. The molecule has 1 radical (unpaired) electrons. The molecule has 7 heavy (non-hydrogen) atoms. The molecular formula is C4H8O2Y. The molecular weight excluding hydrogens is 169 g/mol. The molecule has 3 heteroatoms. The molecule has 1 rings (SSSR count).